The number of hydrogen-bond donors (Lipinski definition) is 2. The molecule has 4 heteroatoms. The second-order valence-corrected chi connectivity index (χ2v) is 13.9. The van der Waals surface area contributed by atoms with Gasteiger partial charge in [-0.1, -0.05) is 93.6 Å². The minimum Gasteiger partial charge on any atom is -0.534 e. The van der Waals surface area contributed by atoms with Gasteiger partial charge in [0.25, 0.3) is 0 Å². The van der Waals surface area contributed by atoms with Crippen molar-refractivity contribution in [2.45, 2.75) is 50.7 Å². The van der Waals surface area contributed by atoms with E-state index in [1.807, 2.05) is 12.1 Å². The lowest BCUT2D eigenvalue weighted by atomic mass is 9.80. The molecule has 0 aromatic heterocycles. The summed E-state index contributed by atoms with van der Waals surface area (Å²) in [7, 11) is -2.71. The van der Waals surface area contributed by atoms with Crippen LogP contribution in [0.1, 0.15) is 38.3 Å². The summed E-state index contributed by atoms with van der Waals surface area (Å²) >= 11 is 0. The second kappa shape index (κ2) is 8.27. The SMILES string of the molecule is CC(C)(C)[Si](Oc1cccc2c1CC[C@@](O)(CO)C2)(c1ccccc1)c1ccccc1. The van der Waals surface area contributed by atoms with Crippen LogP contribution in [0.5, 0.6) is 5.75 Å². The molecule has 1 aliphatic carbocycles. The minimum absolute atomic E-state index is 0.112. The number of aliphatic hydroxyl groups is 2. The van der Waals surface area contributed by atoms with Crippen LogP contribution in [0.3, 0.4) is 0 Å². The zero-order chi connectivity index (χ0) is 22.1. The van der Waals surface area contributed by atoms with Crippen LogP contribution in [-0.4, -0.2) is 30.7 Å². The first kappa shape index (κ1) is 21.8. The Morgan fingerprint density at radius 3 is 1.97 bits per heavy atom. The predicted molar refractivity (Wildman–Crippen MR) is 129 cm³/mol. The van der Waals surface area contributed by atoms with E-state index in [0.29, 0.717) is 19.3 Å². The maximum atomic E-state index is 10.7. The maximum absolute atomic E-state index is 10.7. The van der Waals surface area contributed by atoms with Gasteiger partial charge in [0, 0.05) is 6.42 Å². The van der Waals surface area contributed by atoms with Gasteiger partial charge in [0.1, 0.15) is 5.75 Å². The molecule has 1 aliphatic rings. The molecule has 3 aromatic carbocycles. The largest absolute Gasteiger partial charge is 0.534 e. The monoisotopic (exact) mass is 432 g/mol. The fourth-order valence-corrected chi connectivity index (χ4v) is 9.36. The number of aliphatic hydroxyl groups excluding tert-OH is 1. The molecule has 2 N–H and O–H groups in total. The van der Waals surface area contributed by atoms with Crippen molar-refractivity contribution in [1.82, 2.24) is 0 Å². The molecule has 3 nitrogen and oxygen atoms in total. The van der Waals surface area contributed by atoms with Gasteiger partial charge in [0.2, 0.25) is 0 Å². The van der Waals surface area contributed by atoms with E-state index < -0.39 is 13.9 Å². The fourth-order valence-electron chi connectivity index (χ4n) is 4.91. The van der Waals surface area contributed by atoms with Crippen molar-refractivity contribution in [3.63, 3.8) is 0 Å². The molecule has 1 atom stereocenters. The van der Waals surface area contributed by atoms with E-state index >= 15 is 0 Å². The van der Waals surface area contributed by atoms with Crippen molar-refractivity contribution in [2.24, 2.45) is 0 Å². The van der Waals surface area contributed by atoms with E-state index in [0.717, 1.165) is 16.9 Å². The van der Waals surface area contributed by atoms with Crippen molar-refractivity contribution >= 4 is 18.7 Å². The molecule has 0 amide bonds. The first-order chi connectivity index (χ1) is 14.8. The third-order valence-electron chi connectivity index (χ3n) is 6.56. The minimum atomic E-state index is -2.71. The Balaban J connectivity index is 1.89. The molecule has 0 fully saturated rings. The van der Waals surface area contributed by atoms with Crippen LogP contribution >= 0.6 is 0 Å². The van der Waals surface area contributed by atoms with Crippen LogP contribution in [0.2, 0.25) is 5.04 Å². The molecule has 3 aromatic rings. The summed E-state index contributed by atoms with van der Waals surface area (Å²) in [5.41, 5.74) is 1.19. The van der Waals surface area contributed by atoms with Crippen molar-refractivity contribution in [1.29, 1.82) is 0 Å². The molecule has 0 unspecified atom stereocenters. The molecule has 162 valence electrons. The standard InChI is InChI=1S/C27H32O3Si/c1-26(2,3)31(22-12-6-4-7-13-22,23-14-8-5-9-15-23)30-25-16-10-11-21-19-27(29,20-28)18-17-24(21)25/h4-16,28-29H,17-20H2,1-3H3/t27-/m0/s1. The number of fused-ring (bicyclic) bond motifs is 1. The zero-order valence-corrected chi connectivity index (χ0v) is 19.6. The number of hydrogen-bond acceptors (Lipinski definition) is 3. The van der Waals surface area contributed by atoms with E-state index in [9.17, 15) is 10.2 Å². The normalized spacial score (nSPS) is 19.0. The van der Waals surface area contributed by atoms with Gasteiger partial charge >= 0.3 is 8.32 Å². The summed E-state index contributed by atoms with van der Waals surface area (Å²) in [5.74, 6) is 0.909. The molecule has 0 saturated heterocycles. The molecule has 0 saturated carbocycles. The number of rotatable bonds is 5. The van der Waals surface area contributed by atoms with Crippen molar-refractivity contribution < 1.29 is 14.6 Å². The van der Waals surface area contributed by atoms with Crippen molar-refractivity contribution in [3.05, 3.63) is 90.0 Å². The average Bonchev–Trinajstić information content (AvgIpc) is 2.77. The molecular weight excluding hydrogens is 400 g/mol. The molecule has 4 rings (SSSR count). The van der Waals surface area contributed by atoms with Crippen LogP contribution in [0.25, 0.3) is 0 Å². The highest BCUT2D eigenvalue weighted by molar-refractivity contribution is 7.00. The Kier molecular flexibility index (Phi) is 5.82. The zero-order valence-electron chi connectivity index (χ0n) is 18.6. The second-order valence-electron chi connectivity index (χ2n) is 9.72. The highest BCUT2D eigenvalue weighted by Gasteiger charge is 2.52. The molecular formula is C27H32O3Si. The molecule has 0 spiro atoms. The van der Waals surface area contributed by atoms with E-state index in [4.69, 9.17) is 4.43 Å². The van der Waals surface area contributed by atoms with E-state index in [-0.39, 0.29) is 11.6 Å². The quantitative estimate of drug-likeness (QED) is 0.603. The Morgan fingerprint density at radius 2 is 1.45 bits per heavy atom. The molecule has 0 bridgehead atoms. The lowest BCUT2D eigenvalue weighted by Crippen LogP contribution is -2.69. The Hall–Kier alpha value is -2.40. The van der Waals surface area contributed by atoms with Gasteiger partial charge in [-0.2, -0.15) is 0 Å². The average molecular weight is 433 g/mol. The first-order valence-electron chi connectivity index (χ1n) is 11.0. The highest BCUT2D eigenvalue weighted by Crippen LogP contribution is 2.41. The molecule has 0 aliphatic heterocycles. The Bertz CT molecular complexity index is 988. The van der Waals surface area contributed by atoms with Crippen LogP contribution in [-0.2, 0) is 12.8 Å². The van der Waals surface area contributed by atoms with Gasteiger partial charge in [-0.05, 0) is 45.4 Å². The molecule has 0 heterocycles. The van der Waals surface area contributed by atoms with Gasteiger partial charge in [-0.25, -0.2) is 0 Å². The summed E-state index contributed by atoms with van der Waals surface area (Å²) < 4.78 is 7.23. The first-order valence-corrected chi connectivity index (χ1v) is 12.9. The third kappa shape index (κ3) is 3.96. The topological polar surface area (TPSA) is 49.7 Å². The summed E-state index contributed by atoms with van der Waals surface area (Å²) in [6.07, 6.45) is 1.69. The van der Waals surface area contributed by atoms with Crippen LogP contribution in [0.4, 0.5) is 0 Å². The van der Waals surface area contributed by atoms with E-state index in [2.05, 4.69) is 87.5 Å². The van der Waals surface area contributed by atoms with Gasteiger partial charge in [0.15, 0.2) is 0 Å². The summed E-state index contributed by atoms with van der Waals surface area (Å²) in [6, 6.07) is 27.4. The Morgan fingerprint density at radius 1 is 0.871 bits per heavy atom. The van der Waals surface area contributed by atoms with Crippen LogP contribution in [0, 0.1) is 0 Å². The molecule has 0 radical (unpaired) electrons. The lowest BCUT2D eigenvalue weighted by Gasteiger charge is -2.44. The van der Waals surface area contributed by atoms with E-state index in [1.165, 1.54) is 10.4 Å². The van der Waals surface area contributed by atoms with Crippen LogP contribution in [0.15, 0.2) is 78.9 Å². The summed E-state index contributed by atoms with van der Waals surface area (Å²) in [4.78, 5) is 0. The predicted octanol–water partition coefficient (Wildman–Crippen LogP) is 3.84. The molecule has 31 heavy (non-hydrogen) atoms. The van der Waals surface area contributed by atoms with E-state index in [1.54, 1.807) is 0 Å². The summed E-state index contributed by atoms with van der Waals surface area (Å²) in [6.45, 7) is 6.61. The maximum Gasteiger partial charge on any atom is 0.319 e. The van der Waals surface area contributed by atoms with Gasteiger partial charge in [-0.15, -0.1) is 0 Å². The van der Waals surface area contributed by atoms with Gasteiger partial charge in [0.05, 0.1) is 12.2 Å². The fraction of sp³-hybridized carbons (Fsp3) is 0.333. The highest BCUT2D eigenvalue weighted by atomic mass is 28.4. The third-order valence-corrected chi connectivity index (χ3v) is 11.5. The lowest BCUT2D eigenvalue weighted by molar-refractivity contribution is -0.0249. The van der Waals surface area contributed by atoms with Crippen molar-refractivity contribution in [3.8, 4) is 5.75 Å². The summed E-state index contributed by atoms with van der Waals surface area (Å²) in [5, 5.41) is 22.7. The van der Waals surface area contributed by atoms with Gasteiger partial charge < -0.3 is 14.6 Å². The van der Waals surface area contributed by atoms with Crippen molar-refractivity contribution in [2.75, 3.05) is 6.61 Å². The number of benzene rings is 3. The Labute approximate surface area is 186 Å². The van der Waals surface area contributed by atoms with Gasteiger partial charge in [-0.3, -0.25) is 0 Å². The smallest absolute Gasteiger partial charge is 0.319 e. The van der Waals surface area contributed by atoms with Crippen LogP contribution < -0.4 is 14.8 Å².